The van der Waals surface area contributed by atoms with Gasteiger partial charge in [0, 0.05) is 0 Å². The van der Waals surface area contributed by atoms with Crippen molar-refractivity contribution in [3.8, 4) is 11.5 Å². The van der Waals surface area contributed by atoms with Gasteiger partial charge in [-0.25, -0.2) is 0 Å². The van der Waals surface area contributed by atoms with E-state index in [0.717, 1.165) is 18.2 Å². The molecule has 0 aromatic heterocycles. The molecule has 13 heavy (non-hydrogen) atoms. The van der Waals surface area contributed by atoms with Crippen molar-refractivity contribution in [3.05, 3.63) is 23.8 Å². The third kappa shape index (κ3) is 1.70. The average Bonchev–Trinajstić information content (AvgIpc) is 2.09. The number of alkyl halides is 2. The Hall–Kier alpha value is -1.36. The van der Waals surface area contributed by atoms with Gasteiger partial charge in [0.25, 0.3) is 5.92 Å². The summed E-state index contributed by atoms with van der Waals surface area (Å²) >= 11 is 0. The number of aromatic hydroxyl groups is 2. The predicted molar refractivity (Wildman–Crippen MR) is 40.8 cm³/mol. The van der Waals surface area contributed by atoms with Crippen molar-refractivity contribution in [2.75, 3.05) is 6.61 Å². The third-order valence-electron chi connectivity index (χ3n) is 1.61. The number of rotatable bonds is 2. The number of halogens is 2. The van der Waals surface area contributed by atoms with Gasteiger partial charge in [0.2, 0.25) is 0 Å². The highest BCUT2D eigenvalue weighted by atomic mass is 19.3. The molecule has 5 heteroatoms. The molecule has 0 bridgehead atoms. The van der Waals surface area contributed by atoms with Crippen LogP contribution in [-0.4, -0.2) is 21.9 Å². The fourth-order valence-corrected chi connectivity index (χ4v) is 0.912. The first-order valence-corrected chi connectivity index (χ1v) is 3.49. The van der Waals surface area contributed by atoms with E-state index in [4.69, 9.17) is 15.3 Å². The van der Waals surface area contributed by atoms with Crippen molar-refractivity contribution in [1.82, 2.24) is 0 Å². The molecule has 0 heterocycles. The van der Waals surface area contributed by atoms with Crippen LogP contribution in [0.5, 0.6) is 11.5 Å². The molecule has 0 aliphatic rings. The summed E-state index contributed by atoms with van der Waals surface area (Å²) in [6, 6.07) is 3.17. The van der Waals surface area contributed by atoms with Crippen molar-refractivity contribution in [2.24, 2.45) is 0 Å². The van der Waals surface area contributed by atoms with Gasteiger partial charge >= 0.3 is 0 Å². The fourth-order valence-electron chi connectivity index (χ4n) is 0.912. The molecule has 0 unspecified atom stereocenters. The Morgan fingerprint density at radius 1 is 1.23 bits per heavy atom. The summed E-state index contributed by atoms with van der Waals surface area (Å²) in [6.45, 7) is -1.41. The highest BCUT2D eigenvalue weighted by Crippen LogP contribution is 2.38. The number of phenolic OH excluding ortho intramolecular Hbond substituents is 2. The van der Waals surface area contributed by atoms with E-state index in [0.29, 0.717) is 0 Å². The maximum atomic E-state index is 12.8. The highest BCUT2D eigenvalue weighted by Gasteiger charge is 2.34. The molecule has 3 N–H and O–H groups in total. The molecule has 0 aliphatic carbocycles. The van der Waals surface area contributed by atoms with Gasteiger partial charge in [-0.1, -0.05) is 6.07 Å². The van der Waals surface area contributed by atoms with Crippen molar-refractivity contribution in [2.45, 2.75) is 5.92 Å². The van der Waals surface area contributed by atoms with Crippen LogP contribution in [0.1, 0.15) is 5.56 Å². The second-order valence-corrected chi connectivity index (χ2v) is 2.54. The number of phenols is 2. The Labute approximate surface area is 72.9 Å². The maximum Gasteiger partial charge on any atom is 0.299 e. The van der Waals surface area contributed by atoms with Crippen LogP contribution in [0.3, 0.4) is 0 Å². The van der Waals surface area contributed by atoms with Crippen molar-refractivity contribution in [3.63, 3.8) is 0 Å². The third-order valence-corrected chi connectivity index (χ3v) is 1.61. The molecule has 72 valence electrons. The zero-order chi connectivity index (χ0) is 10.1. The Morgan fingerprint density at radius 3 is 2.38 bits per heavy atom. The SMILES string of the molecule is OCC(F)(F)c1cccc(O)c1O. The quantitative estimate of drug-likeness (QED) is 0.613. The predicted octanol–water partition coefficient (Wildman–Crippen LogP) is 1.18. The van der Waals surface area contributed by atoms with Gasteiger partial charge in [0.1, 0.15) is 6.61 Å². The summed E-state index contributed by atoms with van der Waals surface area (Å²) in [6.07, 6.45) is 0. The first-order valence-electron chi connectivity index (χ1n) is 3.49. The van der Waals surface area contributed by atoms with Gasteiger partial charge in [-0.15, -0.1) is 0 Å². The summed E-state index contributed by atoms with van der Waals surface area (Å²) in [5, 5.41) is 26.2. The molecular formula is C8H8F2O3. The Kier molecular flexibility index (Phi) is 2.38. The van der Waals surface area contributed by atoms with Crippen molar-refractivity contribution in [1.29, 1.82) is 0 Å². The minimum absolute atomic E-state index is 0.634. The number of aliphatic hydroxyl groups is 1. The fraction of sp³-hybridized carbons (Fsp3) is 0.250. The lowest BCUT2D eigenvalue weighted by Gasteiger charge is -2.15. The van der Waals surface area contributed by atoms with Crippen LogP contribution in [0.15, 0.2) is 18.2 Å². The van der Waals surface area contributed by atoms with E-state index < -0.39 is 29.6 Å². The van der Waals surface area contributed by atoms with E-state index in [2.05, 4.69) is 0 Å². The van der Waals surface area contributed by atoms with Crippen LogP contribution in [0.2, 0.25) is 0 Å². The minimum Gasteiger partial charge on any atom is -0.504 e. The number of benzene rings is 1. The van der Waals surface area contributed by atoms with Crippen molar-refractivity contribution < 1.29 is 24.1 Å². The van der Waals surface area contributed by atoms with Gasteiger partial charge in [0.15, 0.2) is 11.5 Å². The van der Waals surface area contributed by atoms with Crippen LogP contribution in [-0.2, 0) is 5.92 Å². The average molecular weight is 190 g/mol. The maximum absolute atomic E-state index is 12.8. The molecule has 0 atom stereocenters. The minimum atomic E-state index is -3.54. The molecule has 0 amide bonds. The molecule has 3 nitrogen and oxygen atoms in total. The molecule has 1 aromatic rings. The summed E-state index contributed by atoms with van der Waals surface area (Å²) in [5.74, 6) is -5.07. The van der Waals surface area contributed by atoms with E-state index in [-0.39, 0.29) is 0 Å². The summed E-state index contributed by atoms with van der Waals surface area (Å²) in [7, 11) is 0. The number of para-hydroxylation sites is 1. The molecule has 0 fully saturated rings. The van der Waals surface area contributed by atoms with Gasteiger partial charge < -0.3 is 15.3 Å². The van der Waals surface area contributed by atoms with Gasteiger partial charge in [-0.2, -0.15) is 8.78 Å². The monoisotopic (exact) mass is 190 g/mol. The zero-order valence-corrected chi connectivity index (χ0v) is 6.54. The molecule has 0 saturated carbocycles. The van der Waals surface area contributed by atoms with E-state index >= 15 is 0 Å². The molecule has 0 saturated heterocycles. The Balaban J connectivity index is 3.22. The summed E-state index contributed by atoms with van der Waals surface area (Å²) in [4.78, 5) is 0. The van der Waals surface area contributed by atoms with Gasteiger partial charge in [-0.3, -0.25) is 0 Å². The van der Waals surface area contributed by atoms with Crippen LogP contribution < -0.4 is 0 Å². The molecule has 1 aromatic carbocycles. The Morgan fingerprint density at radius 2 is 1.85 bits per heavy atom. The molecule has 0 radical (unpaired) electrons. The number of hydrogen-bond donors (Lipinski definition) is 3. The lowest BCUT2D eigenvalue weighted by molar-refractivity contribution is -0.0573. The Bertz CT molecular complexity index is 312. The lowest BCUT2D eigenvalue weighted by atomic mass is 10.1. The van der Waals surface area contributed by atoms with Crippen LogP contribution in [0.4, 0.5) is 8.78 Å². The standard InChI is InChI=1S/C8H8F2O3/c9-8(10,4-11)5-2-1-3-6(12)7(5)13/h1-3,11-13H,4H2. The topological polar surface area (TPSA) is 60.7 Å². The van der Waals surface area contributed by atoms with Gasteiger partial charge in [-0.05, 0) is 12.1 Å². The normalized spacial score (nSPS) is 11.6. The summed E-state index contributed by atoms with van der Waals surface area (Å²) < 4.78 is 25.6. The van der Waals surface area contributed by atoms with Crippen LogP contribution in [0, 0.1) is 0 Å². The smallest absolute Gasteiger partial charge is 0.299 e. The molecule has 0 spiro atoms. The second-order valence-electron chi connectivity index (χ2n) is 2.54. The first kappa shape index (κ1) is 9.73. The second kappa shape index (κ2) is 3.18. The lowest BCUT2D eigenvalue weighted by Crippen LogP contribution is -2.18. The number of aliphatic hydroxyl groups excluding tert-OH is 1. The summed E-state index contributed by atoms with van der Waals surface area (Å²) in [5.41, 5.74) is -0.782. The van der Waals surface area contributed by atoms with Crippen LogP contribution in [0.25, 0.3) is 0 Å². The molecular weight excluding hydrogens is 182 g/mol. The zero-order valence-electron chi connectivity index (χ0n) is 6.54. The molecule has 1 rings (SSSR count). The highest BCUT2D eigenvalue weighted by molar-refractivity contribution is 5.46. The van der Waals surface area contributed by atoms with Gasteiger partial charge in [0.05, 0.1) is 5.56 Å². The van der Waals surface area contributed by atoms with E-state index in [1.54, 1.807) is 0 Å². The van der Waals surface area contributed by atoms with E-state index in [1.807, 2.05) is 0 Å². The van der Waals surface area contributed by atoms with Crippen molar-refractivity contribution >= 4 is 0 Å². The van der Waals surface area contributed by atoms with E-state index in [1.165, 1.54) is 0 Å². The number of hydrogen-bond acceptors (Lipinski definition) is 3. The first-order chi connectivity index (χ1) is 5.99. The largest absolute Gasteiger partial charge is 0.504 e. The molecule has 0 aliphatic heterocycles. The van der Waals surface area contributed by atoms with E-state index in [9.17, 15) is 8.78 Å². The van der Waals surface area contributed by atoms with Crippen LogP contribution >= 0.6 is 0 Å².